The summed E-state index contributed by atoms with van der Waals surface area (Å²) in [5.41, 5.74) is 0.642. The second kappa shape index (κ2) is 8.24. The third-order valence-corrected chi connectivity index (χ3v) is 4.62. The molecule has 0 radical (unpaired) electrons. The molecule has 0 bridgehead atoms. The van der Waals surface area contributed by atoms with Gasteiger partial charge in [-0.1, -0.05) is 12.1 Å². The number of halogens is 1. The minimum atomic E-state index is -0.0180. The van der Waals surface area contributed by atoms with Crippen LogP contribution in [0.2, 0.25) is 0 Å². The van der Waals surface area contributed by atoms with Crippen molar-refractivity contribution >= 4 is 33.5 Å². The summed E-state index contributed by atoms with van der Waals surface area (Å²) in [6.45, 7) is 3.81. The molecule has 6 heteroatoms. The molecule has 1 aliphatic heterocycles. The average molecular weight is 381 g/mol. The van der Waals surface area contributed by atoms with Crippen molar-refractivity contribution in [2.45, 2.75) is 26.2 Å². The van der Waals surface area contributed by atoms with E-state index in [2.05, 4.69) is 15.9 Å². The highest BCUT2D eigenvalue weighted by Crippen LogP contribution is 2.19. The third kappa shape index (κ3) is 4.89. The van der Waals surface area contributed by atoms with Gasteiger partial charge in [-0.2, -0.15) is 0 Å². The maximum Gasteiger partial charge on any atom is 0.255 e. The van der Waals surface area contributed by atoms with Crippen LogP contribution in [0.3, 0.4) is 0 Å². The van der Waals surface area contributed by atoms with E-state index in [-0.39, 0.29) is 30.4 Å². The summed E-state index contributed by atoms with van der Waals surface area (Å²) in [5.74, 6) is 0.00445. The quantitative estimate of drug-likeness (QED) is 0.805. The molecule has 1 aliphatic rings. The molecule has 1 aromatic carbocycles. The second-order valence-electron chi connectivity index (χ2n) is 5.71. The van der Waals surface area contributed by atoms with Crippen LogP contribution in [0.5, 0.6) is 0 Å². The van der Waals surface area contributed by atoms with Crippen LogP contribution in [0.4, 0.5) is 0 Å². The first-order valence-electron chi connectivity index (χ1n) is 7.80. The van der Waals surface area contributed by atoms with E-state index in [1.165, 1.54) is 6.92 Å². The van der Waals surface area contributed by atoms with Crippen LogP contribution in [-0.2, 0) is 9.59 Å². The highest BCUT2D eigenvalue weighted by atomic mass is 79.9. The van der Waals surface area contributed by atoms with Gasteiger partial charge in [-0.05, 0) is 41.4 Å². The summed E-state index contributed by atoms with van der Waals surface area (Å²) in [6.07, 6.45) is 1.30. The Balaban J connectivity index is 1.96. The molecule has 124 valence electrons. The summed E-state index contributed by atoms with van der Waals surface area (Å²) in [7, 11) is 0. The zero-order valence-corrected chi connectivity index (χ0v) is 14.8. The molecule has 0 saturated carbocycles. The molecule has 1 fully saturated rings. The Labute approximate surface area is 144 Å². The van der Waals surface area contributed by atoms with Crippen molar-refractivity contribution in [1.82, 2.24) is 9.80 Å². The van der Waals surface area contributed by atoms with Crippen LogP contribution in [0.25, 0.3) is 0 Å². The number of amides is 2. The zero-order chi connectivity index (χ0) is 16.8. The standard InChI is InChI=1S/C17H21BrN2O3/c1-13(21)7-8-16(22)19-9-4-10-20(12-11-19)17(23)14-5-2-3-6-15(14)18/h2-3,5-6H,4,7-12H2,1H3. The molecule has 0 spiro atoms. The molecule has 2 rings (SSSR count). The molecule has 0 aromatic heterocycles. The van der Waals surface area contributed by atoms with E-state index in [0.717, 1.165) is 10.9 Å². The maximum atomic E-state index is 12.6. The monoisotopic (exact) mass is 380 g/mol. The van der Waals surface area contributed by atoms with Crippen molar-refractivity contribution in [3.05, 3.63) is 34.3 Å². The van der Waals surface area contributed by atoms with Gasteiger partial charge in [0.25, 0.3) is 5.91 Å². The molecule has 0 aliphatic carbocycles. The SMILES string of the molecule is CC(=O)CCC(=O)N1CCCN(C(=O)c2ccccc2Br)CC1. The number of carbonyl (C=O) groups excluding carboxylic acids is 3. The summed E-state index contributed by atoms with van der Waals surface area (Å²) in [5, 5.41) is 0. The van der Waals surface area contributed by atoms with E-state index in [9.17, 15) is 14.4 Å². The number of hydrogen-bond acceptors (Lipinski definition) is 3. The molecular formula is C17H21BrN2O3. The molecule has 5 nitrogen and oxygen atoms in total. The summed E-state index contributed by atoms with van der Waals surface area (Å²) >= 11 is 3.41. The number of carbonyl (C=O) groups is 3. The molecule has 1 heterocycles. The number of hydrogen-bond donors (Lipinski definition) is 0. The Morgan fingerprint density at radius 1 is 1.00 bits per heavy atom. The van der Waals surface area contributed by atoms with Gasteiger partial charge in [0.15, 0.2) is 0 Å². The van der Waals surface area contributed by atoms with Gasteiger partial charge in [-0.25, -0.2) is 0 Å². The molecule has 23 heavy (non-hydrogen) atoms. The number of rotatable bonds is 4. The van der Waals surface area contributed by atoms with Crippen molar-refractivity contribution < 1.29 is 14.4 Å². The Morgan fingerprint density at radius 2 is 1.65 bits per heavy atom. The topological polar surface area (TPSA) is 57.7 Å². The lowest BCUT2D eigenvalue weighted by atomic mass is 10.2. The van der Waals surface area contributed by atoms with Gasteiger partial charge in [0.1, 0.15) is 5.78 Å². The van der Waals surface area contributed by atoms with Gasteiger partial charge >= 0.3 is 0 Å². The van der Waals surface area contributed by atoms with E-state index >= 15 is 0 Å². The second-order valence-corrected chi connectivity index (χ2v) is 6.56. The lowest BCUT2D eigenvalue weighted by Crippen LogP contribution is -2.37. The minimum absolute atomic E-state index is 0.00427. The largest absolute Gasteiger partial charge is 0.341 e. The lowest BCUT2D eigenvalue weighted by Gasteiger charge is -2.22. The van der Waals surface area contributed by atoms with E-state index in [4.69, 9.17) is 0 Å². The Morgan fingerprint density at radius 3 is 2.35 bits per heavy atom. The summed E-state index contributed by atoms with van der Waals surface area (Å²) in [6, 6.07) is 7.36. The number of benzene rings is 1. The van der Waals surface area contributed by atoms with Crippen LogP contribution in [0.15, 0.2) is 28.7 Å². The van der Waals surface area contributed by atoms with E-state index in [0.29, 0.717) is 31.7 Å². The number of nitrogens with zero attached hydrogens (tertiary/aromatic N) is 2. The fourth-order valence-electron chi connectivity index (χ4n) is 2.62. The van der Waals surface area contributed by atoms with Gasteiger partial charge in [0.2, 0.25) is 5.91 Å². The molecule has 0 atom stereocenters. The molecule has 1 aromatic rings. The average Bonchev–Trinajstić information content (AvgIpc) is 2.78. The maximum absolute atomic E-state index is 12.6. The Hall–Kier alpha value is -1.69. The Bertz CT molecular complexity index is 603. The summed E-state index contributed by atoms with van der Waals surface area (Å²) < 4.78 is 0.781. The molecule has 1 saturated heterocycles. The zero-order valence-electron chi connectivity index (χ0n) is 13.3. The lowest BCUT2D eigenvalue weighted by molar-refractivity contribution is -0.132. The number of Topliss-reactive ketones (excluding diaryl/α,β-unsaturated/α-hetero) is 1. The molecule has 2 amide bonds. The first kappa shape index (κ1) is 17.7. The highest BCUT2D eigenvalue weighted by Gasteiger charge is 2.23. The first-order valence-corrected chi connectivity index (χ1v) is 8.59. The van der Waals surface area contributed by atoms with Gasteiger partial charge < -0.3 is 14.6 Å². The van der Waals surface area contributed by atoms with Crippen molar-refractivity contribution in [1.29, 1.82) is 0 Å². The van der Waals surface area contributed by atoms with Crippen LogP contribution in [-0.4, -0.2) is 53.6 Å². The van der Waals surface area contributed by atoms with Crippen molar-refractivity contribution in [2.24, 2.45) is 0 Å². The predicted octanol–water partition coefficient (Wildman–Crippen LogP) is 2.49. The van der Waals surface area contributed by atoms with Crippen molar-refractivity contribution in [3.63, 3.8) is 0 Å². The van der Waals surface area contributed by atoms with E-state index < -0.39 is 0 Å². The van der Waals surface area contributed by atoms with Gasteiger partial charge in [-0.15, -0.1) is 0 Å². The van der Waals surface area contributed by atoms with E-state index in [1.807, 2.05) is 18.2 Å². The van der Waals surface area contributed by atoms with Crippen molar-refractivity contribution in [3.8, 4) is 0 Å². The fraction of sp³-hybridized carbons (Fsp3) is 0.471. The molecular weight excluding hydrogens is 360 g/mol. The van der Waals surface area contributed by atoms with E-state index in [1.54, 1.807) is 15.9 Å². The van der Waals surface area contributed by atoms with Gasteiger partial charge in [-0.3, -0.25) is 9.59 Å². The highest BCUT2D eigenvalue weighted by molar-refractivity contribution is 9.10. The third-order valence-electron chi connectivity index (χ3n) is 3.93. The fourth-order valence-corrected chi connectivity index (χ4v) is 3.07. The minimum Gasteiger partial charge on any atom is -0.341 e. The normalized spacial score (nSPS) is 15.2. The van der Waals surface area contributed by atoms with Crippen LogP contribution >= 0.6 is 15.9 Å². The first-order chi connectivity index (χ1) is 11.0. The molecule has 0 N–H and O–H groups in total. The van der Waals surface area contributed by atoms with Crippen molar-refractivity contribution in [2.75, 3.05) is 26.2 Å². The predicted molar refractivity (Wildman–Crippen MR) is 91.2 cm³/mol. The van der Waals surface area contributed by atoms with Crippen LogP contribution in [0.1, 0.15) is 36.5 Å². The van der Waals surface area contributed by atoms with Gasteiger partial charge in [0.05, 0.1) is 5.56 Å². The molecule has 0 unspecified atom stereocenters. The van der Waals surface area contributed by atoms with Gasteiger partial charge in [0, 0.05) is 43.5 Å². The van der Waals surface area contributed by atoms with Crippen LogP contribution in [0, 0.1) is 0 Å². The van der Waals surface area contributed by atoms with Crippen LogP contribution < -0.4 is 0 Å². The number of ketones is 1. The smallest absolute Gasteiger partial charge is 0.255 e. The summed E-state index contributed by atoms with van der Waals surface area (Å²) in [4.78, 5) is 39.3. The Kier molecular flexibility index (Phi) is 6.33.